The van der Waals surface area contributed by atoms with Gasteiger partial charge in [0.2, 0.25) is 0 Å². The monoisotopic (exact) mass is 371 g/mol. The van der Waals surface area contributed by atoms with Gasteiger partial charge in [0.15, 0.2) is 11.5 Å². The highest BCUT2D eigenvalue weighted by Crippen LogP contribution is 2.27. The molecule has 0 saturated carbocycles. The summed E-state index contributed by atoms with van der Waals surface area (Å²) < 4.78 is 12.1. The predicted octanol–water partition coefficient (Wildman–Crippen LogP) is 3.85. The fourth-order valence-corrected chi connectivity index (χ4v) is 2.62. The number of rotatable bonds is 6. The Morgan fingerprint density at radius 2 is 1.81 bits per heavy atom. The van der Waals surface area contributed by atoms with E-state index in [9.17, 15) is 4.79 Å². The number of amides is 1. The highest BCUT2D eigenvalue weighted by molar-refractivity contribution is 6.30. The Balaban J connectivity index is 1.76. The van der Waals surface area contributed by atoms with Gasteiger partial charge < -0.3 is 14.8 Å². The van der Waals surface area contributed by atoms with Crippen molar-refractivity contribution in [3.05, 3.63) is 70.9 Å². The van der Waals surface area contributed by atoms with E-state index in [2.05, 4.69) is 10.4 Å². The van der Waals surface area contributed by atoms with Gasteiger partial charge in [0.25, 0.3) is 5.91 Å². The van der Waals surface area contributed by atoms with E-state index in [4.69, 9.17) is 21.1 Å². The average molecular weight is 372 g/mol. The number of hydrogen-bond donors (Lipinski definition) is 1. The van der Waals surface area contributed by atoms with Gasteiger partial charge in [0.05, 0.1) is 27.0 Å². The van der Waals surface area contributed by atoms with Crippen molar-refractivity contribution in [1.29, 1.82) is 0 Å². The van der Waals surface area contributed by atoms with Crippen LogP contribution in [0.3, 0.4) is 0 Å². The first-order chi connectivity index (χ1) is 12.6. The van der Waals surface area contributed by atoms with Crippen molar-refractivity contribution < 1.29 is 14.3 Å². The molecule has 3 aromatic rings. The Labute approximate surface area is 156 Å². The molecule has 1 amide bonds. The van der Waals surface area contributed by atoms with Crippen LogP contribution in [-0.2, 0) is 6.54 Å². The number of carbonyl (C=O) groups is 1. The van der Waals surface area contributed by atoms with Crippen LogP contribution < -0.4 is 14.8 Å². The minimum absolute atomic E-state index is 0.260. The molecule has 2 aromatic carbocycles. The molecule has 0 fully saturated rings. The summed E-state index contributed by atoms with van der Waals surface area (Å²) in [4.78, 5) is 12.6. The normalized spacial score (nSPS) is 10.4. The lowest BCUT2D eigenvalue weighted by atomic mass is 10.2. The van der Waals surface area contributed by atoms with Crippen LogP contribution in [0.5, 0.6) is 11.5 Å². The third-order valence-electron chi connectivity index (χ3n) is 3.85. The number of nitrogens with one attached hydrogen (secondary N) is 1. The van der Waals surface area contributed by atoms with Crippen LogP contribution in [0, 0.1) is 0 Å². The summed E-state index contributed by atoms with van der Waals surface area (Å²) in [6, 6.07) is 14.2. The lowest BCUT2D eigenvalue weighted by Crippen LogP contribution is -2.16. The molecule has 0 aliphatic carbocycles. The number of anilines is 1. The summed E-state index contributed by atoms with van der Waals surface area (Å²) in [6.45, 7) is 0.520. The Kier molecular flexibility index (Phi) is 5.43. The standard InChI is InChI=1S/C19H18ClN3O3/c1-25-16-8-5-14(11-17(16)26-2)19(24)22-18-9-10-21-23(18)12-13-3-6-15(20)7-4-13/h3-11H,12H2,1-2H3,(H,22,24). The molecule has 0 spiro atoms. The topological polar surface area (TPSA) is 65.4 Å². The van der Waals surface area contributed by atoms with E-state index in [0.717, 1.165) is 5.56 Å². The molecule has 1 heterocycles. The van der Waals surface area contributed by atoms with Crippen molar-refractivity contribution >= 4 is 23.3 Å². The van der Waals surface area contributed by atoms with Gasteiger partial charge in [-0.15, -0.1) is 0 Å². The minimum atomic E-state index is -0.260. The molecule has 0 atom stereocenters. The van der Waals surface area contributed by atoms with Gasteiger partial charge in [-0.1, -0.05) is 23.7 Å². The van der Waals surface area contributed by atoms with Crippen LogP contribution in [0.1, 0.15) is 15.9 Å². The number of methoxy groups -OCH3 is 2. The summed E-state index contributed by atoms with van der Waals surface area (Å²) in [7, 11) is 3.08. The molecule has 0 aliphatic rings. The molecule has 0 bridgehead atoms. The number of benzene rings is 2. The number of ether oxygens (including phenoxy) is 2. The molecule has 1 aromatic heterocycles. The van der Waals surface area contributed by atoms with E-state index in [0.29, 0.717) is 34.4 Å². The van der Waals surface area contributed by atoms with Gasteiger partial charge in [0, 0.05) is 16.7 Å². The molecular weight excluding hydrogens is 354 g/mol. The maximum Gasteiger partial charge on any atom is 0.256 e. The third-order valence-corrected chi connectivity index (χ3v) is 4.10. The van der Waals surface area contributed by atoms with Gasteiger partial charge in [-0.2, -0.15) is 5.10 Å². The highest BCUT2D eigenvalue weighted by atomic mass is 35.5. The predicted molar refractivity (Wildman–Crippen MR) is 100 cm³/mol. The van der Waals surface area contributed by atoms with E-state index >= 15 is 0 Å². The summed E-state index contributed by atoms with van der Waals surface area (Å²) in [6.07, 6.45) is 1.64. The molecular formula is C19H18ClN3O3. The number of carbonyl (C=O) groups excluding carboxylic acids is 1. The van der Waals surface area contributed by atoms with Gasteiger partial charge in [-0.3, -0.25) is 4.79 Å². The molecule has 0 aliphatic heterocycles. The maximum absolute atomic E-state index is 12.6. The molecule has 0 radical (unpaired) electrons. The van der Waals surface area contributed by atoms with E-state index < -0.39 is 0 Å². The second kappa shape index (κ2) is 7.93. The summed E-state index contributed by atoms with van der Waals surface area (Å²) >= 11 is 5.91. The zero-order chi connectivity index (χ0) is 18.5. The lowest BCUT2D eigenvalue weighted by Gasteiger charge is -2.11. The second-order valence-electron chi connectivity index (χ2n) is 5.52. The van der Waals surface area contributed by atoms with Crippen LogP contribution >= 0.6 is 11.6 Å². The summed E-state index contributed by atoms with van der Waals surface area (Å²) in [5.41, 5.74) is 1.49. The number of halogens is 1. The smallest absolute Gasteiger partial charge is 0.256 e. The summed E-state index contributed by atoms with van der Waals surface area (Å²) in [5, 5.41) is 7.81. The van der Waals surface area contributed by atoms with Crippen LogP contribution in [0.25, 0.3) is 0 Å². The molecule has 6 nitrogen and oxygen atoms in total. The van der Waals surface area contributed by atoms with Crippen LogP contribution in [0.4, 0.5) is 5.82 Å². The molecule has 134 valence electrons. The molecule has 7 heteroatoms. The molecule has 1 N–H and O–H groups in total. The van der Waals surface area contributed by atoms with Crippen molar-refractivity contribution in [3.63, 3.8) is 0 Å². The average Bonchev–Trinajstić information content (AvgIpc) is 3.09. The molecule has 3 rings (SSSR count). The van der Waals surface area contributed by atoms with Crippen molar-refractivity contribution in [2.45, 2.75) is 6.54 Å². The van der Waals surface area contributed by atoms with E-state index in [1.54, 1.807) is 42.3 Å². The van der Waals surface area contributed by atoms with Crippen LogP contribution in [0.2, 0.25) is 5.02 Å². The second-order valence-corrected chi connectivity index (χ2v) is 5.96. The van der Waals surface area contributed by atoms with E-state index in [1.165, 1.54) is 7.11 Å². The SMILES string of the molecule is COc1ccc(C(=O)Nc2ccnn2Cc2ccc(Cl)cc2)cc1OC. The van der Waals surface area contributed by atoms with Gasteiger partial charge in [-0.05, 0) is 35.9 Å². The fourth-order valence-electron chi connectivity index (χ4n) is 2.49. The number of nitrogens with zero attached hydrogens (tertiary/aromatic N) is 2. The van der Waals surface area contributed by atoms with Crippen molar-refractivity contribution in [3.8, 4) is 11.5 Å². The first kappa shape index (κ1) is 17.8. The Morgan fingerprint density at radius 3 is 2.50 bits per heavy atom. The molecule has 0 unspecified atom stereocenters. The maximum atomic E-state index is 12.6. The number of aromatic nitrogens is 2. The van der Waals surface area contributed by atoms with Crippen LogP contribution in [0.15, 0.2) is 54.7 Å². The minimum Gasteiger partial charge on any atom is -0.493 e. The quantitative estimate of drug-likeness (QED) is 0.714. The van der Waals surface area contributed by atoms with Crippen LogP contribution in [-0.4, -0.2) is 29.9 Å². The fraction of sp³-hybridized carbons (Fsp3) is 0.158. The largest absolute Gasteiger partial charge is 0.493 e. The van der Waals surface area contributed by atoms with E-state index in [-0.39, 0.29) is 5.91 Å². The zero-order valence-electron chi connectivity index (χ0n) is 14.4. The zero-order valence-corrected chi connectivity index (χ0v) is 15.2. The van der Waals surface area contributed by atoms with Crippen molar-refractivity contribution in [2.75, 3.05) is 19.5 Å². The van der Waals surface area contributed by atoms with Crippen molar-refractivity contribution in [2.24, 2.45) is 0 Å². The van der Waals surface area contributed by atoms with Gasteiger partial charge in [0.1, 0.15) is 5.82 Å². The Morgan fingerprint density at radius 1 is 1.08 bits per heavy atom. The highest BCUT2D eigenvalue weighted by Gasteiger charge is 2.13. The number of hydrogen-bond acceptors (Lipinski definition) is 4. The van der Waals surface area contributed by atoms with Gasteiger partial charge in [-0.25, -0.2) is 4.68 Å². The Hall–Kier alpha value is -2.99. The first-order valence-electron chi connectivity index (χ1n) is 7.90. The molecule has 26 heavy (non-hydrogen) atoms. The molecule has 0 saturated heterocycles. The van der Waals surface area contributed by atoms with E-state index in [1.807, 2.05) is 24.3 Å². The van der Waals surface area contributed by atoms with Gasteiger partial charge >= 0.3 is 0 Å². The lowest BCUT2D eigenvalue weighted by molar-refractivity contribution is 0.102. The first-order valence-corrected chi connectivity index (χ1v) is 8.28. The summed E-state index contributed by atoms with van der Waals surface area (Å²) in [5.74, 6) is 1.40. The third kappa shape index (κ3) is 3.97. The van der Waals surface area contributed by atoms with Crippen molar-refractivity contribution in [1.82, 2.24) is 9.78 Å². The Bertz CT molecular complexity index is 907.